The number of rotatable bonds is 0. The van der Waals surface area contributed by atoms with E-state index in [2.05, 4.69) is 73.1 Å². The molecule has 2 aromatic rings. The van der Waals surface area contributed by atoms with Gasteiger partial charge in [-0.1, -0.05) is 54.0 Å². The molecule has 86 valence electrons. The molecule has 0 fully saturated rings. The molecule has 0 radical (unpaired) electrons. The van der Waals surface area contributed by atoms with Gasteiger partial charge in [0, 0.05) is 9.89 Å². The SMILES string of the molecule is Cc1cc2c(cc1Br)C(C)(C)c1ccccc1-2. The summed E-state index contributed by atoms with van der Waals surface area (Å²) < 4.78 is 1.21. The largest absolute Gasteiger partial charge is 0.0619 e. The van der Waals surface area contributed by atoms with Crippen molar-refractivity contribution in [2.24, 2.45) is 0 Å². The molecule has 3 rings (SSSR count). The first-order valence-corrected chi connectivity index (χ1v) is 6.71. The van der Waals surface area contributed by atoms with E-state index in [1.807, 2.05) is 0 Å². The van der Waals surface area contributed by atoms with Crippen molar-refractivity contribution < 1.29 is 0 Å². The van der Waals surface area contributed by atoms with Crippen LogP contribution in [-0.2, 0) is 5.41 Å². The molecular formula is C16H15Br. The Morgan fingerprint density at radius 3 is 2.41 bits per heavy atom. The highest BCUT2D eigenvalue weighted by molar-refractivity contribution is 9.10. The minimum atomic E-state index is 0.113. The van der Waals surface area contributed by atoms with Crippen LogP contribution in [-0.4, -0.2) is 0 Å². The van der Waals surface area contributed by atoms with Crippen LogP contribution >= 0.6 is 15.9 Å². The summed E-state index contributed by atoms with van der Waals surface area (Å²) >= 11 is 3.65. The number of aryl methyl sites for hydroxylation is 1. The second-order valence-electron chi connectivity index (χ2n) is 5.32. The maximum Gasteiger partial charge on any atom is 0.0207 e. The Hall–Kier alpha value is -1.08. The highest BCUT2D eigenvalue weighted by Gasteiger charge is 2.35. The molecule has 0 nitrogen and oxygen atoms in total. The van der Waals surface area contributed by atoms with Gasteiger partial charge in [0.05, 0.1) is 0 Å². The zero-order valence-corrected chi connectivity index (χ0v) is 11.9. The summed E-state index contributed by atoms with van der Waals surface area (Å²) in [6, 6.07) is 13.3. The topological polar surface area (TPSA) is 0 Å². The van der Waals surface area contributed by atoms with Gasteiger partial charge in [-0.2, -0.15) is 0 Å². The minimum Gasteiger partial charge on any atom is -0.0619 e. The van der Waals surface area contributed by atoms with E-state index in [1.54, 1.807) is 0 Å². The Morgan fingerprint density at radius 2 is 1.65 bits per heavy atom. The van der Waals surface area contributed by atoms with Gasteiger partial charge in [0.15, 0.2) is 0 Å². The van der Waals surface area contributed by atoms with Crippen LogP contribution in [0.3, 0.4) is 0 Å². The second kappa shape index (κ2) is 3.46. The molecule has 2 aromatic carbocycles. The molecule has 1 aliphatic carbocycles. The second-order valence-corrected chi connectivity index (χ2v) is 6.17. The van der Waals surface area contributed by atoms with E-state index in [0.717, 1.165) is 0 Å². The third-order valence-corrected chi connectivity index (χ3v) is 4.72. The van der Waals surface area contributed by atoms with Crippen molar-refractivity contribution in [1.29, 1.82) is 0 Å². The summed E-state index contributed by atoms with van der Waals surface area (Å²) in [5, 5.41) is 0. The molecule has 0 bridgehead atoms. The van der Waals surface area contributed by atoms with Crippen molar-refractivity contribution in [1.82, 2.24) is 0 Å². The number of hydrogen-bond acceptors (Lipinski definition) is 0. The van der Waals surface area contributed by atoms with Crippen molar-refractivity contribution in [3.63, 3.8) is 0 Å². The molecule has 0 saturated heterocycles. The monoisotopic (exact) mass is 286 g/mol. The van der Waals surface area contributed by atoms with Crippen LogP contribution in [0.1, 0.15) is 30.5 Å². The highest BCUT2D eigenvalue weighted by atomic mass is 79.9. The lowest BCUT2D eigenvalue weighted by molar-refractivity contribution is 0.660. The van der Waals surface area contributed by atoms with Crippen LogP contribution in [0, 0.1) is 6.92 Å². The first-order valence-electron chi connectivity index (χ1n) is 5.92. The molecule has 0 unspecified atom stereocenters. The highest BCUT2D eigenvalue weighted by Crippen LogP contribution is 2.49. The Balaban J connectivity index is 2.40. The molecule has 0 heterocycles. The van der Waals surface area contributed by atoms with Gasteiger partial charge in [-0.05, 0) is 46.9 Å². The van der Waals surface area contributed by atoms with E-state index < -0.39 is 0 Å². The van der Waals surface area contributed by atoms with Gasteiger partial charge in [-0.3, -0.25) is 0 Å². The van der Waals surface area contributed by atoms with Crippen LogP contribution < -0.4 is 0 Å². The van der Waals surface area contributed by atoms with Gasteiger partial charge < -0.3 is 0 Å². The molecule has 0 atom stereocenters. The molecule has 0 aromatic heterocycles. The maximum absolute atomic E-state index is 3.65. The van der Waals surface area contributed by atoms with Gasteiger partial charge in [-0.25, -0.2) is 0 Å². The minimum absolute atomic E-state index is 0.113. The number of fused-ring (bicyclic) bond motifs is 3. The first kappa shape index (κ1) is 11.0. The average Bonchev–Trinajstić information content (AvgIpc) is 2.51. The average molecular weight is 287 g/mol. The maximum atomic E-state index is 3.65. The molecule has 0 N–H and O–H groups in total. The fourth-order valence-corrected chi connectivity index (χ4v) is 3.17. The summed E-state index contributed by atoms with van der Waals surface area (Å²) in [6.07, 6.45) is 0. The summed E-state index contributed by atoms with van der Waals surface area (Å²) in [7, 11) is 0. The Kier molecular flexibility index (Phi) is 2.24. The van der Waals surface area contributed by atoms with Gasteiger partial charge in [0.1, 0.15) is 0 Å². The van der Waals surface area contributed by atoms with Crippen LogP contribution in [0.2, 0.25) is 0 Å². The molecular weight excluding hydrogens is 272 g/mol. The molecule has 0 spiro atoms. The van der Waals surface area contributed by atoms with E-state index in [-0.39, 0.29) is 5.41 Å². The van der Waals surface area contributed by atoms with Crippen molar-refractivity contribution in [2.75, 3.05) is 0 Å². The van der Waals surface area contributed by atoms with E-state index >= 15 is 0 Å². The third-order valence-electron chi connectivity index (χ3n) is 3.86. The van der Waals surface area contributed by atoms with Crippen molar-refractivity contribution in [3.8, 4) is 11.1 Å². The van der Waals surface area contributed by atoms with Crippen molar-refractivity contribution >= 4 is 15.9 Å². The van der Waals surface area contributed by atoms with E-state index in [9.17, 15) is 0 Å². The van der Waals surface area contributed by atoms with Crippen molar-refractivity contribution in [2.45, 2.75) is 26.2 Å². The normalized spacial score (nSPS) is 15.5. The van der Waals surface area contributed by atoms with Gasteiger partial charge in [0.2, 0.25) is 0 Å². The van der Waals surface area contributed by atoms with Crippen LogP contribution in [0.5, 0.6) is 0 Å². The van der Waals surface area contributed by atoms with Gasteiger partial charge in [-0.15, -0.1) is 0 Å². The van der Waals surface area contributed by atoms with E-state index in [4.69, 9.17) is 0 Å². The van der Waals surface area contributed by atoms with E-state index in [1.165, 1.54) is 32.3 Å². The molecule has 0 aliphatic heterocycles. The molecule has 0 saturated carbocycles. The summed E-state index contributed by atoms with van der Waals surface area (Å²) in [5.41, 5.74) is 7.07. The Morgan fingerprint density at radius 1 is 0.941 bits per heavy atom. The molecule has 1 aliphatic rings. The Bertz CT molecular complexity index is 609. The van der Waals surface area contributed by atoms with Crippen LogP contribution in [0.25, 0.3) is 11.1 Å². The fourth-order valence-electron chi connectivity index (χ4n) is 2.83. The molecule has 17 heavy (non-hydrogen) atoms. The quantitative estimate of drug-likeness (QED) is 0.635. The van der Waals surface area contributed by atoms with Crippen molar-refractivity contribution in [3.05, 3.63) is 57.6 Å². The Labute approximate surface area is 111 Å². The fraction of sp³-hybridized carbons (Fsp3) is 0.250. The zero-order valence-electron chi connectivity index (χ0n) is 10.3. The predicted molar refractivity (Wildman–Crippen MR) is 76.4 cm³/mol. The van der Waals surface area contributed by atoms with Gasteiger partial charge >= 0.3 is 0 Å². The number of halogens is 1. The lowest BCUT2D eigenvalue weighted by Gasteiger charge is -2.21. The lowest BCUT2D eigenvalue weighted by Crippen LogP contribution is -2.14. The van der Waals surface area contributed by atoms with Crippen LogP contribution in [0.15, 0.2) is 40.9 Å². The molecule has 1 heteroatoms. The predicted octanol–water partition coefficient (Wildman–Crippen LogP) is 5.06. The van der Waals surface area contributed by atoms with Gasteiger partial charge in [0.25, 0.3) is 0 Å². The number of hydrogen-bond donors (Lipinski definition) is 0. The van der Waals surface area contributed by atoms with E-state index in [0.29, 0.717) is 0 Å². The lowest BCUT2D eigenvalue weighted by atomic mass is 9.82. The third kappa shape index (κ3) is 1.42. The zero-order chi connectivity index (χ0) is 12.2. The standard InChI is InChI=1S/C16H15Br/c1-10-8-12-11-6-4-5-7-13(11)16(2,3)14(12)9-15(10)17/h4-9H,1-3H3. The summed E-state index contributed by atoms with van der Waals surface area (Å²) in [4.78, 5) is 0. The van der Waals surface area contributed by atoms with Crippen LogP contribution in [0.4, 0.5) is 0 Å². The number of benzene rings is 2. The smallest absolute Gasteiger partial charge is 0.0207 e. The first-order chi connectivity index (χ1) is 8.01. The molecule has 0 amide bonds. The summed E-state index contributed by atoms with van der Waals surface area (Å²) in [6.45, 7) is 6.76. The summed E-state index contributed by atoms with van der Waals surface area (Å²) in [5.74, 6) is 0.